The highest BCUT2D eigenvalue weighted by atomic mass is 35.5. The van der Waals surface area contributed by atoms with Crippen LogP contribution in [0, 0.1) is 0 Å². The third-order valence-corrected chi connectivity index (χ3v) is 8.56. The van der Waals surface area contributed by atoms with Crippen LogP contribution >= 0.6 is 23.5 Å². The number of aliphatic imine (C=N–C) groups is 1. The second kappa shape index (κ2) is 10.4. The Morgan fingerprint density at radius 3 is 2.62 bits per heavy atom. The number of guanidine groups is 1. The number of amides is 2. The number of anilines is 2. The molecule has 2 saturated heterocycles. The first kappa shape index (κ1) is 27.4. The van der Waals surface area contributed by atoms with Gasteiger partial charge in [-0.25, -0.2) is 18.7 Å². The van der Waals surface area contributed by atoms with E-state index in [1.165, 1.54) is 19.4 Å². The molecule has 0 unspecified atom stereocenters. The lowest BCUT2D eigenvalue weighted by Crippen LogP contribution is -2.51. The molecule has 1 aromatic carbocycles. The van der Waals surface area contributed by atoms with Gasteiger partial charge in [0.05, 0.1) is 5.54 Å². The fourth-order valence-corrected chi connectivity index (χ4v) is 6.12. The van der Waals surface area contributed by atoms with Crippen LogP contribution in [0.2, 0.25) is 5.15 Å². The van der Waals surface area contributed by atoms with Crippen molar-refractivity contribution < 1.29 is 14.0 Å². The minimum absolute atomic E-state index is 0.0487. The lowest BCUT2D eigenvalue weighted by molar-refractivity contribution is -0.142. The second-order valence-corrected chi connectivity index (χ2v) is 12.1. The lowest BCUT2D eigenvalue weighted by atomic mass is 9.90. The predicted molar refractivity (Wildman–Crippen MR) is 149 cm³/mol. The Labute approximate surface area is 235 Å². The summed E-state index contributed by atoms with van der Waals surface area (Å²) in [5.41, 5.74) is 11.4. The molecular weight excluding hydrogens is 545 g/mol. The van der Waals surface area contributed by atoms with E-state index < -0.39 is 17.5 Å². The molecule has 1 spiro atoms. The van der Waals surface area contributed by atoms with E-state index in [1.807, 2.05) is 0 Å². The van der Waals surface area contributed by atoms with Gasteiger partial charge in [0.25, 0.3) is 5.91 Å². The number of carbonyl (C=O) groups is 2. The molecule has 4 heterocycles. The van der Waals surface area contributed by atoms with Crippen molar-refractivity contribution in [1.82, 2.24) is 29.8 Å². The van der Waals surface area contributed by atoms with Crippen molar-refractivity contribution in [2.45, 2.75) is 55.8 Å². The zero-order valence-corrected chi connectivity index (χ0v) is 23.3. The molecule has 11 nitrogen and oxygen atoms in total. The van der Waals surface area contributed by atoms with Crippen LogP contribution in [0.3, 0.4) is 0 Å². The zero-order valence-electron chi connectivity index (χ0n) is 21.8. The van der Waals surface area contributed by atoms with Crippen LogP contribution in [0.5, 0.6) is 0 Å². The molecule has 0 saturated carbocycles. The fourth-order valence-electron chi connectivity index (χ4n) is 5.01. The highest BCUT2D eigenvalue weighted by Crippen LogP contribution is 2.33. The minimum Gasteiger partial charge on any atom is -0.382 e. The van der Waals surface area contributed by atoms with Gasteiger partial charge in [-0.1, -0.05) is 17.7 Å². The van der Waals surface area contributed by atoms with Crippen molar-refractivity contribution in [1.29, 1.82) is 0 Å². The number of nitrogens with one attached hydrogen (secondary N) is 2. The van der Waals surface area contributed by atoms with Crippen LogP contribution in [-0.4, -0.2) is 74.3 Å². The third-order valence-electron chi connectivity index (χ3n) is 7.20. The smallest absolute Gasteiger partial charge is 0.302 e. The van der Waals surface area contributed by atoms with Gasteiger partial charge >= 0.3 is 5.91 Å². The zero-order chi connectivity index (χ0) is 27.9. The summed E-state index contributed by atoms with van der Waals surface area (Å²) in [6.45, 7) is 5.86. The second-order valence-electron chi connectivity index (χ2n) is 10.6. The van der Waals surface area contributed by atoms with Crippen LogP contribution in [-0.2, 0) is 17.8 Å². The maximum Gasteiger partial charge on any atom is 0.302 e. The third kappa shape index (κ3) is 5.89. The average molecular weight is 576 g/mol. The number of nitrogens with zero attached hydrogens (tertiary/aromatic N) is 5. The molecule has 2 aromatic rings. The molecule has 1 aromatic heterocycles. The van der Waals surface area contributed by atoms with Crippen LogP contribution in [0.15, 0.2) is 28.1 Å². The van der Waals surface area contributed by atoms with E-state index >= 15 is 0 Å². The van der Waals surface area contributed by atoms with Gasteiger partial charge in [-0.2, -0.15) is 4.99 Å². The Kier molecular flexibility index (Phi) is 7.33. The number of benzene rings is 1. The molecule has 3 aliphatic heterocycles. The standard InChI is InChI=1S/C25H31ClFN9O2S/c1-24(2,27)22(38)35-8-5-14-3-4-16(11-15(14)12-35)39-36-9-6-25(7-10-36)13-30-23(34-25)33-21(37)17-19(28)32-20(29)18(26)31-17/h3-4,11H,5-10,12-13H2,1-2H3,(H4,28,29,32)(H2,30,33,34,37). The van der Waals surface area contributed by atoms with Crippen LogP contribution in [0.25, 0.3) is 0 Å². The Morgan fingerprint density at radius 2 is 1.90 bits per heavy atom. The number of nitrogen functional groups attached to an aromatic ring is 2. The van der Waals surface area contributed by atoms with Crippen LogP contribution < -0.4 is 22.1 Å². The van der Waals surface area contributed by atoms with Crippen LogP contribution in [0.4, 0.5) is 16.0 Å². The van der Waals surface area contributed by atoms with Crippen molar-refractivity contribution in [3.63, 3.8) is 0 Å². The van der Waals surface area contributed by atoms with Gasteiger partial charge in [-0.15, -0.1) is 0 Å². The molecule has 0 radical (unpaired) electrons. The van der Waals surface area contributed by atoms with Gasteiger partial charge in [0, 0.05) is 37.6 Å². The maximum atomic E-state index is 14.2. The summed E-state index contributed by atoms with van der Waals surface area (Å²) < 4.78 is 16.5. The molecule has 2 amide bonds. The highest BCUT2D eigenvalue weighted by Gasteiger charge is 2.40. The SMILES string of the molecule is CC(C)(F)C(=O)N1CCc2ccc(SN3CCC4(CC3)CN/C(=N\C(=O)c3nc(Cl)c(N)nc3N)N4)cc2C1. The molecule has 6 N–H and O–H groups in total. The summed E-state index contributed by atoms with van der Waals surface area (Å²) in [6, 6.07) is 6.33. The van der Waals surface area contributed by atoms with Gasteiger partial charge in [-0.05, 0) is 68.3 Å². The summed E-state index contributed by atoms with van der Waals surface area (Å²) in [4.78, 5) is 39.6. The summed E-state index contributed by atoms with van der Waals surface area (Å²) in [5.74, 6) is -0.946. The van der Waals surface area contributed by atoms with Crippen LogP contribution in [0.1, 0.15) is 48.3 Å². The first-order chi connectivity index (χ1) is 18.4. The molecule has 3 aliphatic rings. The normalized spacial score (nSPS) is 20.0. The first-order valence-corrected chi connectivity index (χ1v) is 13.8. The number of fused-ring (bicyclic) bond motifs is 1. The summed E-state index contributed by atoms with van der Waals surface area (Å²) in [6.07, 6.45) is 2.41. The van der Waals surface area contributed by atoms with Crippen molar-refractivity contribution in [3.05, 3.63) is 40.2 Å². The fraction of sp³-hybridized carbons (Fsp3) is 0.480. The molecule has 0 bridgehead atoms. The van der Waals surface area contributed by atoms with Crippen molar-refractivity contribution in [2.24, 2.45) is 4.99 Å². The molecule has 14 heteroatoms. The number of piperidine rings is 1. The number of hydrogen-bond donors (Lipinski definition) is 4. The molecular formula is C25H31ClFN9O2S. The van der Waals surface area contributed by atoms with Gasteiger partial charge in [0.15, 0.2) is 34.1 Å². The van der Waals surface area contributed by atoms with Crippen molar-refractivity contribution in [2.75, 3.05) is 37.6 Å². The number of nitrogens with two attached hydrogens (primary N) is 2. The summed E-state index contributed by atoms with van der Waals surface area (Å²) in [7, 11) is 0. The number of aromatic nitrogens is 2. The Hall–Kier alpha value is -3.16. The number of alkyl halides is 1. The van der Waals surface area contributed by atoms with Gasteiger partial charge < -0.3 is 27.0 Å². The van der Waals surface area contributed by atoms with E-state index in [4.69, 9.17) is 23.1 Å². The molecule has 2 fully saturated rings. The summed E-state index contributed by atoms with van der Waals surface area (Å²) in [5, 5.41) is 6.44. The quantitative estimate of drug-likeness (QED) is 0.399. The number of halogens is 2. The predicted octanol–water partition coefficient (Wildman–Crippen LogP) is 2.16. The Morgan fingerprint density at radius 1 is 1.15 bits per heavy atom. The molecule has 0 atom stereocenters. The number of hydrogen-bond acceptors (Lipinski definition) is 8. The van der Waals surface area contributed by atoms with E-state index in [1.54, 1.807) is 16.8 Å². The monoisotopic (exact) mass is 575 g/mol. The van der Waals surface area contributed by atoms with E-state index in [9.17, 15) is 14.0 Å². The van der Waals surface area contributed by atoms with Gasteiger partial charge in [0.2, 0.25) is 0 Å². The lowest BCUT2D eigenvalue weighted by Gasteiger charge is -2.38. The number of rotatable bonds is 4. The van der Waals surface area contributed by atoms with Gasteiger partial charge in [-0.3, -0.25) is 9.59 Å². The maximum absolute atomic E-state index is 14.2. The molecule has 39 heavy (non-hydrogen) atoms. The van der Waals surface area contributed by atoms with E-state index in [0.717, 1.165) is 42.8 Å². The summed E-state index contributed by atoms with van der Waals surface area (Å²) >= 11 is 7.56. The largest absolute Gasteiger partial charge is 0.382 e. The minimum atomic E-state index is -1.88. The topological polar surface area (TPSA) is 155 Å². The van der Waals surface area contributed by atoms with Crippen molar-refractivity contribution >= 4 is 53.0 Å². The first-order valence-electron chi connectivity index (χ1n) is 12.7. The Balaban J connectivity index is 1.17. The van der Waals surface area contributed by atoms with E-state index in [-0.39, 0.29) is 28.0 Å². The Bertz CT molecular complexity index is 1340. The molecule has 0 aliphatic carbocycles. The van der Waals surface area contributed by atoms with E-state index in [2.05, 4.69) is 48.1 Å². The highest BCUT2D eigenvalue weighted by molar-refractivity contribution is 7.97. The molecule has 5 rings (SSSR count). The van der Waals surface area contributed by atoms with E-state index in [0.29, 0.717) is 25.6 Å². The molecule has 208 valence electrons. The van der Waals surface area contributed by atoms with Gasteiger partial charge in [0.1, 0.15) is 0 Å². The average Bonchev–Trinajstić information content (AvgIpc) is 3.28. The number of carbonyl (C=O) groups excluding carboxylic acids is 2. The van der Waals surface area contributed by atoms with Crippen molar-refractivity contribution in [3.8, 4) is 0 Å².